The first-order valence-electron chi connectivity index (χ1n) is 10.1. The van der Waals surface area contributed by atoms with Crippen molar-refractivity contribution in [3.8, 4) is 12.3 Å². The van der Waals surface area contributed by atoms with Gasteiger partial charge in [0.15, 0.2) is 0 Å². The van der Waals surface area contributed by atoms with Crippen LogP contribution in [0, 0.1) is 40.9 Å². The van der Waals surface area contributed by atoms with Crippen LogP contribution in [0.5, 0.6) is 0 Å². The molecule has 0 aromatic rings. The lowest BCUT2D eigenvalue weighted by Gasteiger charge is -2.61. The van der Waals surface area contributed by atoms with Gasteiger partial charge in [-0.2, -0.15) is 0 Å². The van der Waals surface area contributed by atoms with E-state index >= 15 is 0 Å². The molecule has 3 saturated carbocycles. The molecule has 4 rings (SSSR count). The quantitative estimate of drug-likeness (QED) is 0.418. The molecule has 0 amide bonds. The van der Waals surface area contributed by atoms with Crippen LogP contribution in [0.2, 0.25) is 0 Å². The summed E-state index contributed by atoms with van der Waals surface area (Å²) in [6, 6.07) is 0. The fraction of sp³-hybridized carbons (Fsp3) is 0.773. The number of nitrogens with zero attached hydrogens (tertiary/aromatic N) is 1. The predicted molar refractivity (Wildman–Crippen MR) is 99.3 cm³/mol. The SMILES string of the molecule is C#C[C@@]1(O)CC[C@@H]2[C@@]3(C)CCC4=C/C(=N/O)CCC4[C@@H]3CC[C@]21CC. The molecule has 0 radical (unpaired) electrons. The van der Waals surface area contributed by atoms with E-state index < -0.39 is 5.60 Å². The van der Waals surface area contributed by atoms with Crippen molar-refractivity contribution in [2.24, 2.45) is 33.7 Å². The number of hydrogen-bond donors (Lipinski definition) is 2. The molecule has 3 heteroatoms. The molecule has 0 bridgehead atoms. The van der Waals surface area contributed by atoms with Gasteiger partial charge in [-0.3, -0.25) is 0 Å². The molecule has 1 unspecified atom stereocenters. The first-order chi connectivity index (χ1) is 11.9. The Morgan fingerprint density at radius 3 is 2.72 bits per heavy atom. The van der Waals surface area contributed by atoms with E-state index in [0.29, 0.717) is 17.8 Å². The first-order valence-corrected chi connectivity index (χ1v) is 10.1. The molecule has 0 aliphatic heterocycles. The van der Waals surface area contributed by atoms with Crippen molar-refractivity contribution in [1.82, 2.24) is 0 Å². The molecular weight excluding hydrogens is 310 g/mol. The number of fused-ring (bicyclic) bond motifs is 5. The van der Waals surface area contributed by atoms with E-state index in [2.05, 4.69) is 31.0 Å². The van der Waals surface area contributed by atoms with Gasteiger partial charge >= 0.3 is 0 Å². The molecule has 3 fully saturated rings. The zero-order valence-corrected chi connectivity index (χ0v) is 15.6. The second-order valence-corrected chi connectivity index (χ2v) is 9.21. The summed E-state index contributed by atoms with van der Waals surface area (Å²) in [6.45, 7) is 4.71. The summed E-state index contributed by atoms with van der Waals surface area (Å²) >= 11 is 0. The summed E-state index contributed by atoms with van der Waals surface area (Å²) < 4.78 is 0. The smallest absolute Gasteiger partial charge is 0.131 e. The third-order valence-corrected chi connectivity index (χ3v) is 8.81. The Morgan fingerprint density at radius 2 is 2.04 bits per heavy atom. The summed E-state index contributed by atoms with van der Waals surface area (Å²) in [5.74, 6) is 4.64. The van der Waals surface area contributed by atoms with Crippen LogP contribution in [0.4, 0.5) is 0 Å². The van der Waals surface area contributed by atoms with Crippen molar-refractivity contribution in [2.45, 2.75) is 77.2 Å². The number of aliphatic hydroxyl groups is 1. The number of allylic oxidation sites excluding steroid dienone is 2. The Morgan fingerprint density at radius 1 is 1.24 bits per heavy atom. The minimum Gasteiger partial charge on any atom is -0.411 e. The predicted octanol–water partition coefficient (Wildman–Crippen LogP) is 4.53. The monoisotopic (exact) mass is 341 g/mol. The standard InChI is InChI=1S/C22H31NO2/c1-4-21-12-9-18-17-7-6-16(23-25)14-15(17)8-11-20(18,3)19(21)10-13-22(21,24)5-2/h2,14,17-19,24-25H,4,6-13H2,1,3H3/b23-16+/t17?,18-,19+,20-,21+,22+/m0/s1. The highest BCUT2D eigenvalue weighted by Gasteiger charge is 2.67. The average Bonchev–Trinajstić information content (AvgIpc) is 2.95. The highest BCUT2D eigenvalue weighted by Crippen LogP contribution is 2.70. The molecule has 0 aromatic carbocycles. The lowest BCUT2D eigenvalue weighted by atomic mass is 9.43. The Labute approximate surface area is 151 Å². The Bertz CT molecular complexity index is 674. The Kier molecular flexibility index (Phi) is 3.85. The van der Waals surface area contributed by atoms with Crippen molar-refractivity contribution < 1.29 is 10.3 Å². The molecule has 0 spiro atoms. The molecular formula is C22H31NO2. The van der Waals surface area contributed by atoms with Crippen molar-refractivity contribution in [3.05, 3.63) is 11.6 Å². The van der Waals surface area contributed by atoms with E-state index in [1.54, 1.807) is 0 Å². The van der Waals surface area contributed by atoms with Crippen molar-refractivity contribution in [1.29, 1.82) is 0 Å². The van der Waals surface area contributed by atoms with Crippen LogP contribution in [0.1, 0.15) is 71.6 Å². The normalized spacial score (nSPS) is 50.4. The Hall–Kier alpha value is -1.27. The van der Waals surface area contributed by atoms with Gasteiger partial charge in [0, 0.05) is 5.41 Å². The molecule has 136 valence electrons. The van der Waals surface area contributed by atoms with Gasteiger partial charge in [-0.15, -0.1) is 6.42 Å². The summed E-state index contributed by atoms with van der Waals surface area (Å²) in [5.41, 5.74) is 1.60. The fourth-order valence-electron chi connectivity index (χ4n) is 7.55. The number of terminal acetylenes is 1. The van der Waals surface area contributed by atoms with E-state index in [1.165, 1.54) is 18.4 Å². The lowest BCUT2D eigenvalue weighted by Crippen LogP contribution is -2.57. The van der Waals surface area contributed by atoms with Gasteiger partial charge in [0.05, 0.1) is 5.71 Å². The van der Waals surface area contributed by atoms with Gasteiger partial charge in [-0.1, -0.05) is 30.5 Å². The molecule has 2 N–H and O–H groups in total. The van der Waals surface area contributed by atoms with Crippen molar-refractivity contribution >= 4 is 5.71 Å². The van der Waals surface area contributed by atoms with Crippen LogP contribution in [-0.4, -0.2) is 21.6 Å². The molecule has 4 aliphatic rings. The maximum Gasteiger partial charge on any atom is 0.131 e. The summed E-state index contributed by atoms with van der Waals surface area (Å²) in [7, 11) is 0. The number of hydrogen-bond acceptors (Lipinski definition) is 3. The fourth-order valence-corrected chi connectivity index (χ4v) is 7.55. The van der Waals surface area contributed by atoms with Gasteiger partial charge in [0.1, 0.15) is 5.60 Å². The molecule has 3 nitrogen and oxygen atoms in total. The van der Waals surface area contributed by atoms with Crippen LogP contribution in [0.25, 0.3) is 0 Å². The van der Waals surface area contributed by atoms with Gasteiger partial charge in [-0.05, 0) is 87.0 Å². The van der Waals surface area contributed by atoms with E-state index in [9.17, 15) is 5.11 Å². The van der Waals surface area contributed by atoms with E-state index in [1.807, 2.05) is 0 Å². The topological polar surface area (TPSA) is 52.8 Å². The van der Waals surface area contributed by atoms with Gasteiger partial charge in [-0.25, -0.2) is 0 Å². The van der Waals surface area contributed by atoms with Crippen LogP contribution >= 0.6 is 0 Å². The Balaban J connectivity index is 1.72. The van der Waals surface area contributed by atoms with Crippen LogP contribution in [-0.2, 0) is 0 Å². The van der Waals surface area contributed by atoms with E-state index in [4.69, 9.17) is 11.6 Å². The maximum absolute atomic E-state index is 11.3. The van der Waals surface area contributed by atoms with Crippen molar-refractivity contribution in [2.75, 3.05) is 0 Å². The van der Waals surface area contributed by atoms with Crippen molar-refractivity contribution in [3.63, 3.8) is 0 Å². The first kappa shape index (κ1) is 17.2. The molecule has 0 heterocycles. The third-order valence-electron chi connectivity index (χ3n) is 8.81. The second-order valence-electron chi connectivity index (χ2n) is 9.21. The lowest BCUT2D eigenvalue weighted by molar-refractivity contribution is -0.138. The van der Waals surface area contributed by atoms with Gasteiger partial charge in [0.25, 0.3) is 0 Å². The van der Waals surface area contributed by atoms with E-state index in [-0.39, 0.29) is 10.8 Å². The zero-order chi connectivity index (χ0) is 17.9. The third kappa shape index (κ3) is 2.07. The van der Waals surface area contributed by atoms with Crippen LogP contribution < -0.4 is 0 Å². The summed E-state index contributed by atoms with van der Waals surface area (Å²) in [5, 5.41) is 23.8. The van der Waals surface area contributed by atoms with Gasteiger partial charge in [0.2, 0.25) is 0 Å². The van der Waals surface area contributed by atoms with Crippen LogP contribution in [0.15, 0.2) is 16.8 Å². The molecule has 0 saturated heterocycles. The highest BCUT2D eigenvalue weighted by atomic mass is 16.4. The minimum absolute atomic E-state index is 0.0966. The minimum atomic E-state index is -0.917. The average molecular weight is 341 g/mol. The number of oxime groups is 1. The van der Waals surface area contributed by atoms with Crippen LogP contribution in [0.3, 0.4) is 0 Å². The molecule has 6 atom stereocenters. The maximum atomic E-state index is 11.3. The largest absolute Gasteiger partial charge is 0.411 e. The highest BCUT2D eigenvalue weighted by molar-refractivity contribution is 5.96. The summed E-state index contributed by atoms with van der Waals surface area (Å²) in [6.07, 6.45) is 17.3. The number of rotatable bonds is 1. The van der Waals surface area contributed by atoms with Gasteiger partial charge < -0.3 is 10.3 Å². The molecule has 0 aromatic heterocycles. The zero-order valence-electron chi connectivity index (χ0n) is 15.6. The molecule has 25 heavy (non-hydrogen) atoms. The summed E-state index contributed by atoms with van der Waals surface area (Å²) in [4.78, 5) is 0. The second kappa shape index (κ2) is 5.61. The molecule has 4 aliphatic carbocycles. The van der Waals surface area contributed by atoms with E-state index in [0.717, 1.165) is 50.7 Å².